The van der Waals surface area contributed by atoms with Crippen molar-refractivity contribution in [3.05, 3.63) is 37.2 Å². The Kier molecular flexibility index (Phi) is 4.41. The van der Waals surface area contributed by atoms with E-state index < -0.39 is 0 Å². The van der Waals surface area contributed by atoms with Gasteiger partial charge in [-0.3, -0.25) is 0 Å². The summed E-state index contributed by atoms with van der Waals surface area (Å²) >= 11 is 1.18. The first-order valence-electron chi connectivity index (χ1n) is 5.83. The van der Waals surface area contributed by atoms with Gasteiger partial charge in [-0.15, -0.1) is 11.0 Å². The lowest BCUT2D eigenvalue weighted by Crippen LogP contribution is -2.26. The molecule has 0 radical (unpaired) electrons. The Bertz CT molecular complexity index is 524. The topological polar surface area (TPSA) is 38.9 Å². The first-order chi connectivity index (χ1) is 8.81. The second-order valence-electron chi connectivity index (χ2n) is 3.96. The minimum absolute atomic E-state index is 0.621. The van der Waals surface area contributed by atoms with E-state index in [9.17, 15) is 0 Å². The molecular weight excluding hydrogens is 246 g/mol. The van der Waals surface area contributed by atoms with Crippen molar-refractivity contribution >= 4 is 11.7 Å². The van der Waals surface area contributed by atoms with Crippen LogP contribution in [0.3, 0.4) is 0 Å². The van der Waals surface area contributed by atoms with Gasteiger partial charge in [-0.1, -0.05) is 6.08 Å². The monoisotopic (exact) mass is 262 g/mol. The molecule has 18 heavy (non-hydrogen) atoms. The minimum Gasteiger partial charge on any atom is -0.475 e. The molecule has 0 saturated carbocycles. The Morgan fingerprint density at radius 3 is 3.17 bits per heavy atom. The van der Waals surface area contributed by atoms with Crippen LogP contribution < -0.4 is 9.30 Å². The van der Waals surface area contributed by atoms with E-state index in [0.29, 0.717) is 12.5 Å². The minimum atomic E-state index is 0.621. The van der Waals surface area contributed by atoms with Gasteiger partial charge in [0.2, 0.25) is 0 Å². The van der Waals surface area contributed by atoms with Gasteiger partial charge in [0.25, 0.3) is 5.88 Å². The second kappa shape index (κ2) is 6.26. The fourth-order valence-corrected chi connectivity index (χ4v) is 2.10. The second-order valence-corrected chi connectivity index (χ2v) is 4.48. The molecule has 5 heteroatoms. The fourth-order valence-electron chi connectivity index (χ4n) is 1.58. The quantitative estimate of drug-likeness (QED) is 0.456. The summed E-state index contributed by atoms with van der Waals surface area (Å²) in [6.45, 7) is 4.33. The third kappa shape index (κ3) is 3.13. The molecule has 0 unspecified atom stereocenters. The fraction of sp³-hybridized carbons (Fsp3) is 0.308. The molecule has 0 atom stereocenters. The van der Waals surface area contributed by atoms with Crippen LogP contribution in [0.15, 0.2) is 37.2 Å². The molecule has 2 aromatic rings. The van der Waals surface area contributed by atoms with Crippen molar-refractivity contribution in [2.75, 3.05) is 6.61 Å². The molecule has 0 saturated heterocycles. The highest BCUT2D eigenvalue weighted by Crippen LogP contribution is 2.26. The van der Waals surface area contributed by atoms with E-state index in [1.165, 1.54) is 11.7 Å². The number of rotatable bonds is 6. The van der Waals surface area contributed by atoms with Crippen LogP contribution in [0.1, 0.15) is 12.8 Å². The van der Waals surface area contributed by atoms with E-state index in [0.717, 1.165) is 24.1 Å². The van der Waals surface area contributed by atoms with E-state index in [4.69, 9.17) is 4.74 Å². The van der Waals surface area contributed by atoms with Crippen molar-refractivity contribution in [2.24, 2.45) is 7.05 Å². The molecule has 0 aliphatic rings. The van der Waals surface area contributed by atoms with Gasteiger partial charge >= 0.3 is 0 Å². The summed E-state index contributed by atoms with van der Waals surface area (Å²) in [6, 6.07) is 3.99. The summed E-state index contributed by atoms with van der Waals surface area (Å²) in [4.78, 5) is 0. The Labute approximate surface area is 111 Å². The molecule has 0 bridgehead atoms. The number of pyridine rings is 1. The maximum atomic E-state index is 5.65. The van der Waals surface area contributed by atoms with Crippen LogP contribution in [0.2, 0.25) is 0 Å². The first kappa shape index (κ1) is 12.7. The molecule has 0 amide bonds. The molecule has 2 heterocycles. The van der Waals surface area contributed by atoms with Crippen LogP contribution in [-0.4, -0.2) is 15.4 Å². The van der Waals surface area contributed by atoms with Gasteiger partial charge in [-0.2, -0.15) is 4.37 Å². The van der Waals surface area contributed by atoms with Gasteiger partial charge in [0.05, 0.1) is 23.9 Å². The average Bonchev–Trinajstić information content (AvgIpc) is 2.83. The van der Waals surface area contributed by atoms with Crippen molar-refractivity contribution in [1.29, 1.82) is 0 Å². The number of aryl methyl sites for hydroxylation is 1. The van der Waals surface area contributed by atoms with E-state index in [-0.39, 0.29) is 0 Å². The molecule has 2 aromatic heterocycles. The smallest absolute Gasteiger partial charge is 0.254 e. The van der Waals surface area contributed by atoms with Gasteiger partial charge in [-0.25, -0.2) is 4.57 Å². The van der Waals surface area contributed by atoms with E-state index >= 15 is 0 Å². The zero-order valence-corrected chi connectivity index (χ0v) is 11.2. The average molecular weight is 262 g/mol. The molecular formula is C13H16N3OS+. The zero-order chi connectivity index (χ0) is 12.8. The lowest BCUT2D eigenvalue weighted by Gasteiger charge is -2.03. The Balaban J connectivity index is 2.10. The number of hydrogen-bond acceptors (Lipinski definition) is 4. The number of nitrogens with zero attached hydrogens (tertiary/aromatic N) is 3. The summed E-state index contributed by atoms with van der Waals surface area (Å²) in [7, 11) is 1.98. The van der Waals surface area contributed by atoms with Crippen molar-refractivity contribution < 1.29 is 9.30 Å². The summed E-state index contributed by atoms with van der Waals surface area (Å²) in [5, 5.41) is 0. The molecule has 0 aromatic carbocycles. The normalized spacial score (nSPS) is 10.3. The highest BCUT2D eigenvalue weighted by atomic mass is 32.1. The van der Waals surface area contributed by atoms with E-state index in [2.05, 4.69) is 15.3 Å². The maximum Gasteiger partial charge on any atom is 0.254 e. The zero-order valence-electron chi connectivity index (χ0n) is 10.4. The Morgan fingerprint density at radius 2 is 2.39 bits per heavy atom. The van der Waals surface area contributed by atoms with Crippen LogP contribution in [0.25, 0.3) is 11.3 Å². The molecule has 4 nitrogen and oxygen atoms in total. The first-order valence-corrected chi connectivity index (χ1v) is 6.56. The highest BCUT2D eigenvalue weighted by Gasteiger charge is 2.13. The number of aromatic nitrogens is 3. The van der Waals surface area contributed by atoms with E-state index in [1.807, 2.05) is 42.2 Å². The van der Waals surface area contributed by atoms with Gasteiger partial charge in [-0.05, 0) is 18.9 Å². The van der Waals surface area contributed by atoms with Crippen molar-refractivity contribution in [3.63, 3.8) is 0 Å². The van der Waals surface area contributed by atoms with Crippen molar-refractivity contribution in [2.45, 2.75) is 12.8 Å². The lowest BCUT2D eigenvalue weighted by atomic mass is 10.2. The van der Waals surface area contributed by atoms with E-state index in [1.54, 1.807) is 0 Å². The predicted molar refractivity (Wildman–Crippen MR) is 71.4 cm³/mol. The Hall–Kier alpha value is -1.75. The number of ether oxygens (including phenoxy) is 1. The largest absolute Gasteiger partial charge is 0.475 e. The number of unbranched alkanes of at least 4 members (excludes halogenated alkanes) is 1. The van der Waals surface area contributed by atoms with Gasteiger partial charge < -0.3 is 4.74 Å². The van der Waals surface area contributed by atoms with Crippen LogP contribution in [-0.2, 0) is 7.05 Å². The Morgan fingerprint density at radius 1 is 1.50 bits per heavy atom. The van der Waals surface area contributed by atoms with Gasteiger partial charge in [0, 0.05) is 6.07 Å². The summed E-state index contributed by atoms with van der Waals surface area (Å²) in [5.74, 6) is 0.621. The van der Waals surface area contributed by atoms with Crippen LogP contribution in [0, 0.1) is 0 Å². The molecule has 0 aliphatic heterocycles. The SMILES string of the molecule is C=CCCCOc1nsnc1-c1ccc[n+](C)c1. The number of allylic oxidation sites excluding steroid dienone is 1. The molecule has 94 valence electrons. The predicted octanol–water partition coefficient (Wildman–Crippen LogP) is 2.37. The van der Waals surface area contributed by atoms with Gasteiger partial charge in [0.15, 0.2) is 18.1 Å². The van der Waals surface area contributed by atoms with Crippen molar-refractivity contribution in [3.8, 4) is 17.1 Å². The number of hydrogen-bond donors (Lipinski definition) is 0. The molecule has 0 aliphatic carbocycles. The maximum absolute atomic E-state index is 5.65. The highest BCUT2D eigenvalue weighted by molar-refractivity contribution is 6.99. The molecule has 0 spiro atoms. The standard InChI is InChI=1S/C13H16N3OS/c1-3-4-5-9-17-13-12(14-18-15-13)11-7-6-8-16(2)10-11/h3,6-8,10H,1,4-5,9H2,2H3/q+1. The summed E-state index contributed by atoms with van der Waals surface area (Å²) in [6.07, 6.45) is 7.78. The lowest BCUT2D eigenvalue weighted by molar-refractivity contribution is -0.671. The third-order valence-electron chi connectivity index (χ3n) is 2.46. The van der Waals surface area contributed by atoms with Crippen LogP contribution in [0.5, 0.6) is 5.88 Å². The third-order valence-corrected chi connectivity index (χ3v) is 2.97. The summed E-state index contributed by atoms with van der Waals surface area (Å²) < 4.78 is 16.1. The molecule has 0 fully saturated rings. The van der Waals surface area contributed by atoms with Crippen LogP contribution >= 0.6 is 11.7 Å². The van der Waals surface area contributed by atoms with Gasteiger partial charge in [0.1, 0.15) is 7.05 Å². The molecule has 2 rings (SSSR count). The van der Waals surface area contributed by atoms with Crippen LogP contribution in [0.4, 0.5) is 0 Å². The molecule has 0 N–H and O–H groups in total. The summed E-state index contributed by atoms with van der Waals surface area (Å²) in [5.41, 5.74) is 1.84. The van der Waals surface area contributed by atoms with Crippen molar-refractivity contribution in [1.82, 2.24) is 8.75 Å².